The molecular weight excluding hydrogens is 250 g/mol. The molecule has 0 amide bonds. The van der Waals surface area contributed by atoms with Crippen LogP contribution in [-0.4, -0.2) is 54.4 Å². The van der Waals surface area contributed by atoms with E-state index >= 15 is 0 Å². The van der Waals surface area contributed by atoms with E-state index < -0.39 is 0 Å². The summed E-state index contributed by atoms with van der Waals surface area (Å²) in [7, 11) is 0. The Bertz CT molecular complexity index is 413. The summed E-state index contributed by atoms with van der Waals surface area (Å²) in [6, 6.07) is 0. The number of hydrogen-bond acceptors (Lipinski definition) is 6. The topological polar surface area (TPSA) is 54.5 Å². The lowest BCUT2D eigenvalue weighted by molar-refractivity contribution is 0.0398. The number of hydrogen-bond donors (Lipinski definition) is 1. The summed E-state index contributed by atoms with van der Waals surface area (Å²) in [6.07, 6.45) is 0. The van der Waals surface area contributed by atoms with E-state index in [1.54, 1.807) is 6.92 Å². The van der Waals surface area contributed by atoms with Gasteiger partial charge in [-0.3, -0.25) is 9.69 Å². The fourth-order valence-electron chi connectivity index (χ4n) is 2.06. The predicted molar refractivity (Wildman–Crippen MR) is 72.6 cm³/mol. The van der Waals surface area contributed by atoms with Crippen molar-refractivity contribution in [1.82, 2.24) is 9.27 Å². The van der Waals surface area contributed by atoms with Gasteiger partial charge >= 0.3 is 0 Å². The maximum absolute atomic E-state index is 11.5. The Labute approximate surface area is 111 Å². The number of carbonyl (C=O) groups is 1. The third-order valence-electron chi connectivity index (χ3n) is 3.03. The van der Waals surface area contributed by atoms with Crippen molar-refractivity contribution < 1.29 is 9.53 Å². The molecule has 1 N–H and O–H groups in total. The van der Waals surface area contributed by atoms with Crippen molar-refractivity contribution in [2.75, 3.05) is 44.7 Å². The number of anilines is 1. The quantitative estimate of drug-likeness (QED) is 0.819. The fraction of sp³-hybridized carbons (Fsp3) is 0.667. The van der Waals surface area contributed by atoms with E-state index in [2.05, 4.69) is 14.6 Å². The number of ether oxygens (including phenoxy) is 1. The summed E-state index contributed by atoms with van der Waals surface area (Å²) in [5, 5.41) is 4.21. The average molecular weight is 269 g/mol. The standard InChI is InChI=1S/C12H19N3O2S/c1-9-11(10(2)16)12(18-14-9)13-3-4-15-5-7-17-8-6-15/h13H,3-8H2,1-2H3. The molecule has 18 heavy (non-hydrogen) atoms. The van der Waals surface area contributed by atoms with Gasteiger partial charge in [0.05, 0.1) is 24.5 Å². The lowest BCUT2D eigenvalue weighted by Crippen LogP contribution is -2.39. The van der Waals surface area contributed by atoms with Crippen LogP contribution < -0.4 is 5.32 Å². The molecular formula is C12H19N3O2S. The van der Waals surface area contributed by atoms with Crippen molar-refractivity contribution in [3.8, 4) is 0 Å². The molecule has 0 atom stereocenters. The molecule has 6 heteroatoms. The Morgan fingerprint density at radius 3 is 2.89 bits per heavy atom. The van der Waals surface area contributed by atoms with Crippen molar-refractivity contribution in [2.45, 2.75) is 13.8 Å². The summed E-state index contributed by atoms with van der Waals surface area (Å²) in [4.78, 5) is 13.9. The zero-order valence-electron chi connectivity index (χ0n) is 10.9. The second-order valence-electron chi connectivity index (χ2n) is 4.41. The summed E-state index contributed by atoms with van der Waals surface area (Å²) in [5.74, 6) is 0.0788. The third-order valence-corrected chi connectivity index (χ3v) is 3.93. The van der Waals surface area contributed by atoms with Crippen LogP contribution in [0.3, 0.4) is 0 Å². The molecule has 0 spiro atoms. The van der Waals surface area contributed by atoms with E-state index in [0.29, 0.717) is 0 Å². The zero-order chi connectivity index (χ0) is 13.0. The molecule has 1 aromatic rings. The van der Waals surface area contributed by atoms with Crippen LogP contribution in [0.2, 0.25) is 0 Å². The first-order valence-electron chi connectivity index (χ1n) is 6.19. The van der Waals surface area contributed by atoms with E-state index in [1.165, 1.54) is 11.5 Å². The Morgan fingerprint density at radius 2 is 2.22 bits per heavy atom. The zero-order valence-corrected chi connectivity index (χ0v) is 11.7. The highest BCUT2D eigenvalue weighted by molar-refractivity contribution is 7.10. The molecule has 0 aromatic carbocycles. The summed E-state index contributed by atoms with van der Waals surface area (Å²) in [5.41, 5.74) is 1.56. The number of carbonyl (C=O) groups excluding carboxylic acids is 1. The monoisotopic (exact) mass is 269 g/mol. The van der Waals surface area contributed by atoms with Gasteiger partial charge in [0.2, 0.25) is 0 Å². The molecule has 2 heterocycles. The van der Waals surface area contributed by atoms with Gasteiger partial charge in [0, 0.05) is 26.2 Å². The van der Waals surface area contributed by atoms with E-state index in [-0.39, 0.29) is 5.78 Å². The van der Waals surface area contributed by atoms with E-state index in [0.717, 1.165) is 55.7 Å². The Balaban J connectivity index is 1.84. The van der Waals surface area contributed by atoms with Crippen molar-refractivity contribution in [1.29, 1.82) is 0 Å². The van der Waals surface area contributed by atoms with E-state index in [9.17, 15) is 4.79 Å². The molecule has 0 radical (unpaired) electrons. The molecule has 5 nitrogen and oxygen atoms in total. The van der Waals surface area contributed by atoms with Crippen LogP contribution in [0.15, 0.2) is 0 Å². The number of aryl methyl sites for hydroxylation is 1. The first-order valence-corrected chi connectivity index (χ1v) is 6.97. The molecule has 1 aliphatic rings. The minimum absolute atomic E-state index is 0.0788. The number of nitrogens with zero attached hydrogens (tertiary/aromatic N) is 2. The van der Waals surface area contributed by atoms with Crippen LogP contribution >= 0.6 is 11.5 Å². The van der Waals surface area contributed by atoms with Gasteiger partial charge in [-0.1, -0.05) is 0 Å². The molecule has 0 unspecified atom stereocenters. The number of ketones is 1. The van der Waals surface area contributed by atoms with Gasteiger partial charge in [-0.15, -0.1) is 0 Å². The molecule has 2 rings (SSSR count). The van der Waals surface area contributed by atoms with Crippen molar-refractivity contribution >= 4 is 22.3 Å². The van der Waals surface area contributed by atoms with Crippen LogP contribution in [0.1, 0.15) is 23.0 Å². The highest BCUT2D eigenvalue weighted by Gasteiger charge is 2.15. The molecule has 0 aliphatic carbocycles. The second-order valence-corrected chi connectivity index (χ2v) is 5.18. The van der Waals surface area contributed by atoms with Crippen LogP contribution in [-0.2, 0) is 4.74 Å². The smallest absolute Gasteiger partial charge is 0.164 e. The van der Waals surface area contributed by atoms with Gasteiger partial charge in [0.15, 0.2) is 5.78 Å². The van der Waals surface area contributed by atoms with Gasteiger partial charge in [-0.25, -0.2) is 0 Å². The van der Waals surface area contributed by atoms with Crippen molar-refractivity contribution in [3.63, 3.8) is 0 Å². The number of rotatable bonds is 5. The maximum atomic E-state index is 11.5. The SMILES string of the molecule is CC(=O)c1c(C)nsc1NCCN1CCOCC1. The average Bonchev–Trinajstić information content (AvgIpc) is 2.72. The molecule has 0 saturated carbocycles. The van der Waals surface area contributed by atoms with Gasteiger partial charge < -0.3 is 10.1 Å². The van der Waals surface area contributed by atoms with Gasteiger partial charge in [0.1, 0.15) is 5.00 Å². The molecule has 1 aliphatic heterocycles. The first-order chi connectivity index (χ1) is 8.68. The minimum Gasteiger partial charge on any atom is -0.379 e. The molecule has 100 valence electrons. The summed E-state index contributed by atoms with van der Waals surface area (Å²) in [6.45, 7) is 8.88. The lowest BCUT2D eigenvalue weighted by Gasteiger charge is -2.26. The second kappa shape index (κ2) is 6.26. The van der Waals surface area contributed by atoms with Crippen molar-refractivity contribution in [2.24, 2.45) is 0 Å². The largest absolute Gasteiger partial charge is 0.379 e. The highest BCUT2D eigenvalue weighted by Crippen LogP contribution is 2.24. The fourth-order valence-corrected chi connectivity index (χ4v) is 2.93. The minimum atomic E-state index is 0.0788. The summed E-state index contributed by atoms with van der Waals surface area (Å²) < 4.78 is 9.53. The van der Waals surface area contributed by atoms with E-state index in [1.807, 2.05) is 6.92 Å². The number of aromatic nitrogens is 1. The van der Waals surface area contributed by atoms with Crippen LogP contribution in [0.25, 0.3) is 0 Å². The number of nitrogens with one attached hydrogen (secondary N) is 1. The Morgan fingerprint density at radius 1 is 1.50 bits per heavy atom. The maximum Gasteiger partial charge on any atom is 0.164 e. The number of Topliss-reactive ketones (excluding diaryl/α,β-unsaturated/α-hetero) is 1. The lowest BCUT2D eigenvalue weighted by atomic mass is 10.2. The summed E-state index contributed by atoms with van der Waals surface area (Å²) >= 11 is 1.37. The van der Waals surface area contributed by atoms with Gasteiger partial charge in [0.25, 0.3) is 0 Å². The Hall–Kier alpha value is -0.980. The van der Waals surface area contributed by atoms with Crippen LogP contribution in [0.5, 0.6) is 0 Å². The van der Waals surface area contributed by atoms with Crippen LogP contribution in [0, 0.1) is 6.92 Å². The Kier molecular flexibility index (Phi) is 4.68. The van der Waals surface area contributed by atoms with Gasteiger partial charge in [-0.05, 0) is 25.4 Å². The predicted octanol–water partition coefficient (Wildman–Crippen LogP) is 1.40. The van der Waals surface area contributed by atoms with Crippen LogP contribution in [0.4, 0.5) is 5.00 Å². The molecule has 0 bridgehead atoms. The van der Waals surface area contributed by atoms with E-state index in [4.69, 9.17) is 4.74 Å². The highest BCUT2D eigenvalue weighted by atomic mass is 32.1. The first kappa shape index (κ1) is 13.5. The number of morpholine rings is 1. The third kappa shape index (κ3) is 3.28. The molecule has 1 aromatic heterocycles. The van der Waals surface area contributed by atoms with Gasteiger partial charge in [-0.2, -0.15) is 4.37 Å². The normalized spacial score (nSPS) is 16.8. The molecule has 1 saturated heterocycles. The molecule has 1 fully saturated rings. The van der Waals surface area contributed by atoms with Crippen molar-refractivity contribution in [3.05, 3.63) is 11.3 Å².